The zero-order valence-corrected chi connectivity index (χ0v) is 11.2. The van der Waals surface area contributed by atoms with Crippen LogP contribution in [0.4, 0.5) is 5.82 Å². The average molecular weight is 247 g/mol. The number of hydrogen-bond donors (Lipinski definition) is 2. The van der Waals surface area contributed by atoms with Gasteiger partial charge < -0.3 is 10.6 Å². The Balaban J connectivity index is 2.38. The maximum atomic E-state index is 7.64. The summed E-state index contributed by atoms with van der Waals surface area (Å²) in [5, 5.41) is 15.8. The van der Waals surface area contributed by atoms with E-state index >= 15 is 0 Å². The van der Waals surface area contributed by atoms with E-state index in [2.05, 4.69) is 35.9 Å². The van der Waals surface area contributed by atoms with E-state index in [1.54, 1.807) is 12.3 Å². The second kappa shape index (κ2) is 4.92. The van der Waals surface area contributed by atoms with Gasteiger partial charge in [-0.05, 0) is 31.2 Å². The summed E-state index contributed by atoms with van der Waals surface area (Å²) in [4.78, 5) is 2.24. The van der Waals surface area contributed by atoms with Crippen LogP contribution >= 0.6 is 0 Å². The lowest BCUT2D eigenvalue weighted by Crippen LogP contribution is -2.47. The number of nitrogens with one attached hydrogen (secondary N) is 1. The SMILES string of the molecule is CC1CC(C)C(C)N(c2nnccc2C(=N)N)C1. The fourth-order valence-corrected chi connectivity index (χ4v) is 2.74. The second-order valence-electron chi connectivity index (χ2n) is 5.39. The lowest BCUT2D eigenvalue weighted by Gasteiger charge is -2.42. The molecule has 0 aromatic carbocycles. The molecule has 98 valence electrons. The van der Waals surface area contributed by atoms with E-state index in [9.17, 15) is 0 Å². The standard InChI is InChI=1S/C13H21N5/c1-8-6-9(2)10(3)18(7-8)13-11(12(14)15)4-5-16-17-13/h4-5,8-10H,6-7H2,1-3H3,(H3,14,15). The van der Waals surface area contributed by atoms with E-state index < -0.39 is 0 Å². The van der Waals surface area contributed by atoms with Crippen LogP contribution in [0.2, 0.25) is 0 Å². The van der Waals surface area contributed by atoms with Crippen molar-refractivity contribution in [2.45, 2.75) is 33.2 Å². The number of hydrogen-bond acceptors (Lipinski definition) is 4. The summed E-state index contributed by atoms with van der Waals surface area (Å²) in [6, 6.07) is 2.16. The number of amidine groups is 1. The van der Waals surface area contributed by atoms with Crippen molar-refractivity contribution in [2.24, 2.45) is 17.6 Å². The van der Waals surface area contributed by atoms with Crippen molar-refractivity contribution in [2.75, 3.05) is 11.4 Å². The first-order chi connectivity index (χ1) is 8.50. The molecule has 3 N–H and O–H groups in total. The van der Waals surface area contributed by atoms with Gasteiger partial charge >= 0.3 is 0 Å². The maximum Gasteiger partial charge on any atom is 0.162 e. The lowest BCUT2D eigenvalue weighted by atomic mass is 9.86. The van der Waals surface area contributed by atoms with E-state index in [1.165, 1.54) is 6.42 Å². The van der Waals surface area contributed by atoms with Crippen LogP contribution in [-0.2, 0) is 0 Å². The average Bonchev–Trinajstić information content (AvgIpc) is 2.33. The first-order valence-electron chi connectivity index (χ1n) is 6.43. The van der Waals surface area contributed by atoms with Gasteiger partial charge in [-0.25, -0.2) is 0 Å². The number of piperidine rings is 1. The van der Waals surface area contributed by atoms with Crippen LogP contribution in [0, 0.1) is 17.2 Å². The fraction of sp³-hybridized carbons (Fsp3) is 0.615. The Hall–Kier alpha value is -1.65. The zero-order valence-electron chi connectivity index (χ0n) is 11.2. The van der Waals surface area contributed by atoms with Crippen molar-refractivity contribution >= 4 is 11.7 Å². The molecule has 0 saturated carbocycles. The fourth-order valence-electron chi connectivity index (χ4n) is 2.74. The third kappa shape index (κ3) is 2.30. The van der Waals surface area contributed by atoms with E-state index in [4.69, 9.17) is 11.1 Å². The van der Waals surface area contributed by atoms with Gasteiger partial charge in [0.05, 0.1) is 11.8 Å². The molecule has 3 atom stereocenters. The molecule has 1 aliphatic rings. The molecule has 1 aliphatic heterocycles. The predicted molar refractivity (Wildman–Crippen MR) is 72.8 cm³/mol. The first kappa shape index (κ1) is 12.8. The number of rotatable bonds is 2. The van der Waals surface area contributed by atoms with Gasteiger partial charge in [0.2, 0.25) is 0 Å². The summed E-state index contributed by atoms with van der Waals surface area (Å²) >= 11 is 0. The Bertz CT molecular complexity index is 445. The summed E-state index contributed by atoms with van der Waals surface area (Å²) in [6.07, 6.45) is 2.81. The Morgan fingerprint density at radius 3 is 2.83 bits per heavy atom. The zero-order chi connectivity index (χ0) is 13.3. The highest BCUT2D eigenvalue weighted by Crippen LogP contribution is 2.31. The molecule has 2 heterocycles. The first-order valence-corrected chi connectivity index (χ1v) is 6.43. The molecule has 0 spiro atoms. The molecule has 1 aromatic heterocycles. The Morgan fingerprint density at radius 2 is 2.17 bits per heavy atom. The van der Waals surface area contributed by atoms with Crippen molar-refractivity contribution in [1.82, 2.24) is 10.2 Å². The van der Waals surface area contributed by atoms with Gasteiger partial charge in [0.1, 0.15) is 5.84 Å². The topological polar surface area (TPSA) is 78.9 Å². The molecule has 0 bridgehead atoms. The third-order valence-corrected chi connectivity index (χ3v) is 3.86. The molecular weight excluding hydrogens is 226 g/mol. The number of anilines is 1. The molecule has 2 rings (SSSR count). The molecule has 1 aromatic rings. The molecule has 18 heavy (non-hydrogen) atoms. The summed E-state index contributed by atoms with van der Waals surface area (Å²) < 4.78 is 0. The van der Waals surface area contributed by atoms with Gasteiger partial charge in [0.15, 0.2) is 5.82 Å². The van der Waals surface area contributed by atoms with Crippen LogP contribution in [-0.4, -0.2) is 28.6 Å². The van der Waals surface area contributed by atoms with Crippen LogP contribution in [0.25, 0.3) is 0 Å². The van der Waals surface area contributed by atoms with Crippen molar-refractivity contribution in [3.63, 3.8) is 0 Å². The van der Waals surface area contributed by atoms with E-state index in [-0.39, 0.29) is 5.84 Å². The van der Waals surface area contributed by atoms with Crippen LogP contribution in [0.1, 0.15) is 32.8 Å². The number of nitrogens with zero attached hydrogens (tertiary/aromatic N) is 3. The van der Waals surface area contributed by atoms with E-state index in [1.807, 2.05) is 0 Å². The molecule has 0 aliphatic carbocycles. The van der Waals surface area contributed by atoms with Crippen molar-refractivity contribution < 1.29 is 0 Å². The van der Waals surface area contributed by atoms with Gasteiger partial charge in [0, 0.05) is 12.6 Å². The molecular formula is C13H21N5. The van der Waals surface area contributed by atoms with Crippen molar-refractivity contribution in [1.29, 1.82) is 5.41 Å². The summed E-state index contributed by atoms with van der Waals surface area (Å²) in [5.74, 6) is 2.03. The minimum Gasteiger partial charge on any atom is -0.384 e. The monoisotopic (exact) mass is 247 g/mol. The quantitative estimate of drug-likeness (QED) is 0.615. The van der Waals surface area contributed by atoms with Gasteiger partial charge in [-0.15, -0.1) is 5.10 Å². The number of nitrogen functional groups attached to an aromatic ring is 1. The highest BCUT2D eigenvalue weighted by molar-refractivity contribution is 5.99. The van der Waals surface area contributed by atoms with E-state index in [0.717, 1.165) is 12.4 Å². The van der Waals surface area contributed by atoms with Crippen LogP contribution in [0.5, 0.6) is 0 Å². The third-order valence-electron chi connectivity index (χ3n) is 3.86. The minimum atomic E-state index is 0.0537. The molecule has 1 saturated heterocycles. The molecule has 0 radical (unpaired) electrons. The lowest BCUT2D eigenvalue weighted by molar-refractivity contribution is 0.295. The summed E-state index contributed by atoms with van der Waals surface area (Å²) in [7, 11) is 0. The summed E-state index contributed by atoms with van der Waals surface area (Å²) in [5.41, 5.74) is 6.30. The van der Waals surface area contributed by atoms with E-state index in [0.29, 0.717) is 23.4 Å². The molecule has 0 amide bonds. The van der Waals surface area contributed by atoms with Crippen LogP contribution in [0.15, 0.2) is 12.3 Å². The molecule has 5 heteroatoms. The Kier molecular flexibility index (Phi) is 3.50. The van der Waals surface area contributed by atoms with Gasteiger partial charge in [-0.1, -0.05) is 13.8 Å². The minimum absolute atomic E-state index is 0.0537. The highest BCUT2D eigenvalue weighted by atomic mass is 15.3. The van der Waals surface area contributed by atoms with Gasteiger partial charge in [-0.2, -0.15) is 5.10 Å². The van der Waals surface area contributed by atoms with Crippen LogP contribution < -0.4 is 10.6 Å². The van der Waals surface area contributed by atoms with Crippen molar-refractivity contribution in [3.05, 3.63) is 17.8 Å². The Morgan fingerprint density at radius 1 is 1.44 bits per heavy atom. The predicted octanol–water partition coefficient (Wildman–Crippen LogP) is 1.63. The normalized spacial score (nSPS) is 28.2. The maximum absolute atomic E-state index is 7.64. The number of nitrogens with two attached hydrogens (primary N) is 1. The van der Waals surface area contributed by atoms with Gasteiger partial charge in [0.25, 0.3) is 0 Å². The largest absolute Gasteiger partial charge is 0.384 e. The van der Waals surface area contributed by atoms with Crippen LogP contribution in [0.3, 0.4) is 0 Å². The second-order valence-corrected chi connectivity index (χ2v) is 5.39. The molecule has 3 unspecified atom stereocenters. The summed E-state index contributed by atoms with van der Waals surface area (Å²) in [6.45, 7) is 7.66. The molecule has 1 fully saturated rings. The Labute approximate surface area is 108 Å². The number of aromatic nitrogens is 2. The highest BCUT2D eigenvalue weighted by Gasteiger charge is 2.31. The molecule has 5 nitrogen and oxygen atoms in total. The van der Waals surface area contributed by atoms with Gasteiger partial charge in [-0.3, -0.25) is 5.41 Å². The van der Waals surface area contributed by atoms with Crippen molar-refractivity contribution in [3.8, 4) is 0 Å². The smallest absolute Gasteiger partial charge is 0.162 e.